The number of rotatable bonds is 2. The number of urea groups is 1. The Morgan fingerprint density at radius 2 is 2.04 bits per heavy atom. The van der Waals surface area contributed by atoms with Crippen LogP contribution in [0.4, 0.5) is 4.79 Å². The maximum atomic E-state index is 12.0. The van der Waals surface area contributed by atoms with Crippen LogP contribution < -0.4 is 21.5 Å². The molecule has 2 aliphatic carbocycles. The van der Waals surface area contributed by atoms with Crippen molar-refractivity contribution in [2.75, 3.05) is 19.7 Å². The number of allylic oxidation sites excluding steroid dienone is 2. The molecule has 5 nitrogen and oxygen atoms in total. The quantitative estimate of drug-likeness (QED) is 0.722. The lowest BCUT2D eigenvalue weighted by atomic mass is 9.87. The Balaban J connectivity index is 1.62. The van der Waals surface area contributed by atoms with Crippen molar-refractivity contribution in [2.24, 2.45) is 5.73 Å². The minimum absolute atomic E-state index is 0.0425. The van der Waals surface area contributed by atoms with Crippen molar-refractivity contribution < 1.29 is 9.90 Å². The fourth-order valence-electron chi connectivity index (χ4n) is 4.79. The number of nitrogens with zero attached hydrogens (tertiary/aromatic N) is 1. The van der Waals surface area contributed by atoms with E-state index in [-0.39, 0.29) is 18.7 Å². The molecule has 0 bridgehead atoms. The molecule has 2 amide bonds. The number of nitrogens with two attached hydrogens (primary N) is 1. The van der Waals surface area contributed by atoms with Crippen LogP contribution in [0, 0.1) is 0 Å². The Morgan fingerprint density at radius 3 is 2.86 bits per heavy atom. The van der Waals surface area contributed by atoms with Crippen LogP contribution in [0.3, 0.4) is 0 Å². The smallest absolute Gasteiger partial charge is 0.315 e. The summed E-state index contributed by atoms with van der Waals surface area (Å²) in [6.07, 6.45) is 11.5. The highest BCUT2D eigenvalue weighted by Crippen LogP contribution is 2.26. The molecule has 28 heavy (non-hydrogen) atoms. The Hall–Kier alpha value is -2.89. The number of amides is 2. The maximum absolute atomic E-state index is 12.0. The van der Waals surface area contributed by atoms with E-state index < -0.39 is 6.03 Å². The molecule has 2 aromatic rings. The third-order valence-corrected chi connectivity index (χ3v) is 6.12. The molecule has 5 heteroatoms. The summed E-state index contributed by atoms with van der Waals surface area (Å²) in [6.45, 7) is 1.13. The number of carbonyl (C=O) groups excluding carboxylic acids is 1. The van der Waals surface area contributed by atoms with Crippen LogP contribution in [-0.4, -0.2) is 47.8 Å². The van der Waals surface area contributed by atoms with E-state index in [1.165, 1.54) is 32.3 Å². The van der Waals surface area contributed by atoms with Crippen LogP contribution in [0.25, 0.3) is 29.0 Å². The molecule has 2 aromatic carbocycles. The molecule has 1 fully saturated rings. The monoisotopic (exact) mass is 373 g/mol. The third-order valence-electron chi connectivity index (χ3n) is 6.12. The molecule has 0 spiro atoms. The number of nitrogens with one attached hydrogen (secondary N) is 1. The summed E-state index contributed by atoms with van der Waals surface area (Å²) in [5.74, 6) is 0. The lowest BCUT2D eigenvalue weighted by Gasteiger charge is -2.41. The molecule has 0 saturated carbocycles. The van der Waals surface area contributed by atoms with Crippen molar-refractivity contribution in [3.05, 3.63) is 63.6 Å². The number of carbonyl (C=O) groups is 1. The van der Waals surface area contributed by atoms with Crippen LogP contribution >= 0.6 is 0 Å². The Kier molecular flexibility index (Phi) is 4.07. The molecule has 1 heterocycles. The van der Waals surface area contributed by atoms with Gasteiger partial charge in [-0.05, 0) is 50.4 Å². The van der Waals surface area contributed by atoms with E-state index in [0.717, 1.165) is 12.0 Å². The molecule has 0 radical (unpaired) electrons. The van der Waals surface area contributed by atoms with Gasteiger partial charge in [-0.1, -0.05) is 48.6 Å². The lowest BCUT2D eigenvalue weighted by molar-refractivity contribution is 0.125. The number of piperazine rings is 1. The van der Waals surface area contributed by atoms with E-state index >= 15 is 0 Å². The molecule has 1 saturated heterocycles. The first-order chi connectivity index (χ1) is 13.7. The summed E-state index contributed by atoms with van der Waals surface area (Å²) in [5.41, 5.74) is 9.25. The van der Waals surface area contributed by atoms with Crippen LogP contribution in [0.15, 0.2) is 42.0 Å². The zero-order valence-corrected chi connectivity index (χ0v) is 15.6. The van der Waals surface area contributed by atoms with Gasteiger partial charge in [0.1, 0.15) is 0 Å². The second-order valence-electron chi connectivity index (χ2n) is 7.59. The van der Waals surface area contributed by atoms with Gasteiger partial charge in [-0.3, -0.25) is 0 Å². The van der Waals surface area contributed by atoms with Gasteiger partial charge in [0.15, 0.2) is 0 Å². The number of aliphatic hydroxyl groups is 1. The summed E-state index contributed by atoms with van der Waals surface area (Å²) in [4.78, 5) is 13.7. The van der Waals surface area contributed by atoms with E-state index in [1.807, 2.05) is 0 Å². The SMILES string of the molecule is NC(=O)N1CCNC(CO)C1C1=CCc2c(ccc3c4c(ccc23)=CC=C4)=C1. The van der Waals surface area contributed by atoms with Gasteiger partial charge in [0.2, 0.25) is 0 Å². The average Bonchev–Trinajstić information content (AvgIpc) is 3.21. The van der Waals surface area contributed by atoms with Gasteiger partial charge in [0, 0.05) is 13.1 Å². The molecule has 4 N–H and O–H groups in total. The zero-order chi connectivity index (χ0) is 19.3. The summed E-state index contributed by atoms with van der Waals surface area (Å²) in [7, 11) is 0. The summed E-state index contributed by atoms with van der Waals surface area (Å²) in [5, 5.41) is 18.1. The number of hydrogen-bond acceptors (Lipinski definition) is 3. The number of aliphatic hydroxyl groups excluding tert-OH is 1. The van der Waals surface area contributed by atoms with Crippen molar-refractivity contribution in [1.29, 1.82) is 0 Å². The van der Waals surface area contributed by atoms with Crippen LogP contribution in [0.2, 0.25) is 0 Å². The largest absolute Gasteiger partial charge is 0.395 e. The molecule has 5 rings (SSSR count). The first kappa shape index (κ1) is 17.2. The summed E-state index contributed by atoms with van der Waals surface area (Å²) < 4.78 is 0. The first-order valence-electron chi connectivity index (χ1n) is 9.72. The van der Waals surface area contributed by atoms with Crippen molar-refractivity contribution in [2.45, 2.75) is 18.5 Å². The van der Waals surface area contributed by atoms with Gasteiger partial charge in [-0.2, -0.15) is 0 Å². The number of hydrogen-bond donors (Lipinski definition) is 3. The van der Waals surface area contributed by atoms with Crippen LogP contribution in [-0.2, 0) is 6.42 Å². The Labute approximate surface area is 163 Å². The predicted molar refractivity (Wildman–Crippen MR) is 112 cm³/mol. The predicted octanol–water partition coefficient (Wildman–Crippen LogP) is 0.624. The van der Waals surface area contributed by atoms with Crippen LogP contribution in [0.5, 0.6) is 0 Å². The Bertz CT molecular complexity index is 1160. The van der Waals surface area contributed by atoms with E-state index in [9.17, 15) is 9.90 Å². The summed E-state index contributed by atoms with van der Waals surface area (Å²) >= 11 is 0. The zero-order valence-electron chi connectivity index (χ0n) is 15.6. The van der Waals surface area contributed by atoms with Gasteiger partial charge < -0.3 is 21.1 Å². The molecule has 0 aromatic heterocycles. The summed E-state index contributed by atoms with van der Waals surface area (Å²) in [6, 6.07) is 7.83. The van der Waals surface area contributed by atoms with E-state index in [1.54, 1.807) is 4.90 Å². The lowest BCUT2D eigenvalue weighted by Crippen LogP contribution is -2.62. The first-order valence-corrected chi connectivity index (χ1v) is 9.72. The molecule has 1 aliphatic heterocycles. The highest BCUT2D eigenvalue weighted by Gasteiger charge is 2.35. The van der Waals surface area contributed by atoms with Gasteiger partial charge in [-0.15, -0.1) is 0 Å². The van der Waals surface area contributed by atoms with E-state index in [4.69, 9.17) is 5.73 Å². The third kappa shape index (κ3) is 2.58. The molecule has 2 atom stereocenters. The number of benzene rings is 2. The molecule has 2 unspecified atom stereocenters. The van der Waals surface area contributed by atoms with Gasteiger partial charge in [0.25, 0.3) is 0 Å². The van der Waals surface area contributed by atoms with Crippen molar-refractivity contribution in [1.82, 2.24) is 10.2 Å². The highest BCUT2D eigenvalue weighted by atomic mass is 16.3. The van der Waals surface area contributed by atoms with E-state index in [0.29, 0.717) is 13.1 Å². The van der Waals surface area contributed by atoms with Gasteiger partial charge in [-0.25, -0.2) is 4.79 Å². The normalized spacial score (nSPS) is 22.9. The van der Waals surface area contributed by atoms with Crippen molar-refractivity contribution >= 4 is 35.0 Å². The second-order valence-corrected chi connectivity index (χ2v) is 7.59. The highest BCUT2D eigenvalue weighted by molar-refractivity contribution is 5.96. The second kappa shape index (κ2) is 6.62. The van der Waals surface area contributed by atoms with Crippen LogP contribution in [0.1, 0.15) is 11.1 Å². The number of primary amides is 1. The van der Waals surface area contributed by atoms with Gasteiger partial charge >= 0.3 is 6.03 Å². The fourth-order valence-corrected chi connectivity index (χ4v) is 4.79. The minimum atomic E-state index is -0.442. The topological polar surface area (TPSA) is 78.6 Å². The van der Waals surface area contributed by atoms with Crippen molar-refractivity contribution in [3.63, 3.8) is 0 Å². The van der Waals surface area contributed by atoms with Crippen molar-refractivity contribution in [3.8, 4) is 0 Å². The molecular weight excluding hydrogens is 350 g/mol. The molecule has 3 aliphatic rings. The molecular formula is C23H23N3O2. The minimum Gasteiger partial charge on any atom is -0.395 e. The number of fused-ring (bicyclic) bond motifs is 5. The maximum Gasteiger partial charge on any atom is 0.315 e. The average molecular weight is 373 g/mol. The van der Waals surface area contributed by atoms with E-state index in [2.05, 4.69) is 60.0 Å². The standard InChI is InChI=1S/C23H23N3O2/c24-23(28)26-11-10-25-21(13-27)22(26)16-6-7-18-15(12-16)5-9-19-17-3-1-2-14(17)4-8-20(18)19/h1-6,8-9,12,21-22,25,27H,7,10-11,13H2,(H2,24,28). The van der Waals surface area contributed by atoms with Gasteiger partial charge in [0.05, 0.1) is 18.7 Å². The molecule has 142 valence electrons. The fraction of sp³-hybridized carbons (Fsp3) is 0.261. The Morgan fingerprint density at radius 1 is 1.21 bits per heavy atom.